The second-order valence-electron chi connectivity index (χ2n) is 9.39. The van der Waals surface area contributed by atoms with Gasteiger partial charge in [-0.3, -0.25) is 4.79 Å². The van der Waals surface area contributed by atoms with Crippen molar-refractivity contribution in [1.82, 2.24) is 9.62 Å². The van der Waals surface area contributed by atoms with E-state index in [0.717, 1.165) is 35.7 Å². The molecule has 0 radical (unpaired) electrons. The van der Waals surface area contributed by atoms with E-state index in [-0.39, 0.29) is 11.8 Å². The van der Waals surface area contributed by atoms with Crippen LogP contribution in [0.4, 0.5) is 5.69 Å². The number of benzene rings is 3. The number of aryl methyl sites for hydroxylation is 1. The summed E-state index contributed by atoms with van der Waals surface area (Å²) >= 11 is 0. The topological polar surface area (TPSA) is 69.7 Å². The third-order valence-electron chi connectivity index (χ3n) is 7.14. The molecule has 0 aromatic heterocycles. The summed E-state index contributed by atoms with van der Waals surface area (Å²) in [6.45, 7) is 2.31. The summed E-state index contributed by atoms with van der Waals surface area (Å²) in [5.74, 6) is -0.149. The Bertz CT molecular complexity index is 1310. The van der Waals surface area contributed by atoms with Crippen LogP contribution in [0.15, 0.2) is 65.6 Å². The molecule has 5 rings (SSSR count). The summed E-state index contributed by atoms with van der Waals surface area (Å²) in [5.41, 5.74) is 3.73. The molecule has 3 aromatic carbocycles. The maximum atomic E-state index is 13.2. The fourth-order valence-electron chi connectivity index (χ4n) is 5.12. The summed E-state index contributed by atoms with van der Waals surface area (Å²) in [5, 5.41) is 5.00. The van der Waals surface area contributed by atoms with Crippen molar-refractivity contribution in [2.45, 2.75) is 37.1 Å². The molecule has 1 saturated heterocycles. The minimum absolute atomic E-state index is 0.0117. The lowest BCUT2D eigenvalue weighted by Crippen LogP contribution is -2.42. The number of hydrogen-bond acceptors (Lipinski definition) is 4. The van der Waals surface area contributed by atoms with Gasteiger partial charge in [-0.2, -0.15) is 4.31 Å². The average Bonchev–Trinajstić information content (AvgIpc) is 2.87. The van der Waals surface area contributed by atoms with Gasteiger partial charge in [0, 0.05) is 44.8 Å². The van der Waals surface area contributed by atoms with Crippen LogP contribution in [0.5, 0.6) is 0 Å². The quantitative estimate of drug-likeness (QED) is 0.604. The largest absolute Gasteiger partial charge is 0.374 e. The smallest absolute Gasteiger partial charge is 0.243 e. The first kappa shape index (κ1) is 22.9. The summed E-state index contributed by atoms with van der Waals surface area (Å²) < 4.78 is 27.9. The number of piperidine rings is 1. The molecule has 1 N–H and O–H groups in total. The van der Waals surface area contributed by atoms with Crippen molar-refractivity contribution in [2.75, 3.05) is 31.6 Å². The molecule has 0 bridgehead atoms. The van der Waals surface area contributed by atoms with Crippen molar-refractivity contribution in [3.63, 3.8) is 0 Å². The third-order valence-corrected chi connectivity index (χ3v) is 9.04. The third kappa shape index (κ3) is 4.55. The van der Waals surface area contributed by atoms with Gasteiger partial charge in [0.05, 0.1) is 4.90 Å². The monoisotopic (exact) mass is 477 g/mol. The SMILES string of the molecule is CN1CCCc2cc(CNC(=O)C3CCN(S(=O)(=O)c4ccc5ccccc5c4)CC3)ccc21. The number of fused-ring (bicyclic) bond motifs is 2. The van der Waals surface area contributed by atoms with Crippen molar-refractivity contribution < 1.29 is 13.2 Å². The van der Waals surface area contributed by atoms with Crippen LogP contribution in [0.3, 0.4) is 0 Å². The first-order valence-electron chi connectivity index (χ1n) is 12.0. The zero-order chi connectivity index (χ0) is 23.7. The number of hydrogen-bond donors (Lipinski definition) is 1. The highest BCUT2D eigenvalue weighted by atomic mass is 32.2. The maximum Gasteiger partial charge on any atom is 0.243 e. The Morgan fingerprint density at radius 1 is 0.971 bits per heavy atom. The minimum Gasteiger partial charge on any atom is -0.374 e. The molecule has 2 aliphatic heterocycles. The molecule has 0 unspecified atom stereocenters. The van der Waals surface area contributed by atoms with E-state index in [1.165, 1.54) is 15.6 Å². The molecular formula is C27H31N3O3S. The van der Waals surface area contributed by atoms with Crippen LogP contribution < -0.4 is 10.2 Å². The molecule has 2 aliphatic rings. The number of amides is 1. The molecular weight excluding hydrogens is 446 g/mol. The summed E-state index contributed by atoms with van der Waals surface area (Å²) in [4.78, 5) is 15.4. The molecule has 1 amide bonds. The van der Waals surface area contributed by atoms with E-state index in [4.69, 9.17) is 0 Å². The van der Waals surface area contributed by atoms with Crippen LogP contribution in [-0.2, 0) is 27.8 Å². The van der Waals surface area contributed by atoms with Crippen LogP contribution in [0.25, 0.3) is 10.8 Å². The lowest BCUT2D eigenvalue weighted by Gasteiger charge is -2.30. The number of carbonyl (C=O) groups is 1. The summed E-state index contributed by atoms with van der Waals surface area (Å²) in [6, 6.07) is 19.4. The van der Waals surface area contributed by atoms with Crippen molar-refractivity contribution in [3.05, 3.63) is 71.8 Å². The van der Waals surface area contributed by atoms with Gasteiger partial charge in [0.1, 0.15) is 0 Å². The number of rotatable bonds is 5. The van der Waals surface area contributed by atoms with E-state index in [9.17, 15) is 13.2 Å². The van der Waals surface area contributed by atoms with Gasteiger partial charge in [-0.15, -0.1) is 0 Å². The zero-order valence-electron chi connectivity index (χ0n) is 19.5. The Morgan fingerprint density at radius 3 is 2.53 bits per heavy atom. The predicted octanol–water partition coefficient (Wildman–Crippen LogP) is 3.94. The fourth-order valence-corrected chi connectivity index (χ4v) is 6.62. The second-order valence-corrected chi connectivity index (χ2v) is 11.3. The highest BCUT2D eigenvalue weighted by molar-refractivity contribution is 7.89. The Morgan fingerprint density at radius 2 is 1.74 bits per heavy atom. The van der Waals surface area contributed by atoms with Crippen LogP contribution in [0.1, 0.15) is 30.4 Å². The van der Waals surface area contributed by atoms with Gasteiger partial charge in [-0.25, -0.2) is 8.42 Å². The van der Waals surface area contributed by atoms with Crippen LogP contribution in [-0.4, -0.2) is 45.3 Å². The second kappa shape index (κ2) is 9.39. The van der Waals surface area contributed by atoms with E-state index < -0.39 is 10.0 Å². The van der Waals surface area contributed by atoms with Gasteiger partial charge >= 0.3 is 0 Å². The highest BCUT2D eigenvalue weighted by Crippen LogP contribution is 2.28. The molecule has 7 heteroatoms. The van der Waals surface area contributed by atoms with E-state index >= 15 is 0 Å². The Labute approximate surface area is 201 Å². The van der Waals surface area contributed by atoms with E-state index in [2.05, 4.69) is 35.5 Å². The Kier molecular flexibility index (Phi) is 6.32. The highest BCUT2D eigenvalue weighted by Gasteiger charge is 2.32. The van der Waals surface area contributed by atoms with Gasteiger partial charge in [0.25, 0.3) is 0 Å². The van der Waals surface area contributed by atoms with Crippen LogP contribution in [0, 0.1) is 5.92 Å². The number of nitrogens with one attached hydrogen (secondary N) is 1. The maximum absolute atomic E-state index is 13.2. The number of nitrogens with zero attached hydrogens (tertiary/aromatic N) is 2. The molecule has 34 heavy (non-hydrogen) atoms. The van der Waals surface area contributed by atoms with Gasteiger partial charge in [-0.05, 0) is 65.8 Å². The zero-order valence-corrected chi connectivity index (χ0v) is 20.4. The predicted molar refractivity (Wildman–Crippen MR) is 135 cm³/mol. The van der Waals surface area contributed by atoms with Gasteiger partial charge in [-0.1, -0.05) is 42.5 Å². The van der Waals surface area contributed by atoms with E-state index in [1.54, 1.807) is 12.1 Å². The molecule has 6 nitrogen and oxygen atoms in total. The van der Waals surface area contributed by atoms with Crippen molar-refractivity contribution >= 4 is 32.4 Å². The number of anilines is 1. The van der Waals surface area contributed by atoms with E-state index in [1.807, 2.05) is 30.3 Å². The van der Waals surface area contributed by atoms with Gasteiger partial charge < -0.3 is 10.2 Å². The average molecular weight is 478 g/mol. The van der Waals surface area contributed by atoms with Crippen LogP contribution in [0.2, 0.25) is 0 Å². The lowest BCUT2D eigenvalue weighted by atomic mass is 9.96. The lowest BCUT2D eigenvalue weighted by molar-refractivity contribution is -0.126. The number of sulfonamides is 1. The first-order valence-corrected chi connectivity index (χ1v) is 13.5. The Hall–Kier alpha value is -2.90. The van der Waals surface area contributed by atoms with Gasteiger partial charge in [0.15, 0.2) is 0 Å². The Balaban J connectivity index is 1.18. The molecule has 0 spiro atoms. The molecule has 3 aromatic rings. The molecule has 0 aliphatic carbocycles. The summed E-state index contributed by atoms with van der Waals surface area (Å²) in [6.07, 6.45) is 3.30. The minimum atomic E-state index is -3.57. The van der Waals surface area contributed by atoms with E-state index in [0.29, 0.717) is 37.4 Å². The summed E-state index contributed by atoms with van der Waals surface area (Å²) in [7, 11) is -1.46. The molecule has 1 fully saturated rings. The number of carbonyl (C=O) groups excluding carboxylic acids is 1. The van der Waals surface area contributed by atoms with Crippen molar-refractivity contribution in [2.24, 2.45) is 5.92 Å². The van der Waals surface area contributed by atoms with Crippen molar-refractivity contribution in [1.29, 1.82) is 0 Å². The molecule has 0 saturated carbocycles. The molecule has 2 heterocycles. The first-order chi connectivity index (χ1) is 16.4. The van der Waals surface area contributed by atoms with Crippen LogP contribution >= 0.6 is 0 Å². The van der Waals surface area contributed by atoms with Crippen molar-refractivity contribution in [3.8, 4) is 0 Å². The molecule has 178 valence electrons. The normalized spacial score (nSPS) is 17.5. The standard InChI is InChI=1S/C27H31N3O3S/c1-29-14-4-7-24-17-20(8-11-26(24)29)19-28-27(31)22-12-15-30(16-13-22)34(32,33)25-10-9-21-5-2-3-6-23(21)18-25/h2-3,5-6,8-11,17-18,22H,4,7,12-16,19H2,1H3,(H,28,31). The van der Waals surface area contributed by atoms with Gasteiger partial charge in [0.2, 0.25) is 15.9 Å². The fraction of sp³-hybridized carbons (Fsp3) is 0.370. The molecule has 0 atom stereocenters.